The van der Waals surface area contributed by atoms with Crippen molar-refractivity contribution in [3.05, 3.63) is 35.9 Å². The van der Waals surface area contributed by atoms with Crippen molar-refractivity contribution in [3.63, 3.8) is 0 Å². The molecular weight excluding hydrogens is 234 g/mol. The predicted octanol–water partition coefficient (Wildman–Crippen LogP) is 3.29. The molecule has 3 aliphatic rings. The van der Waals surface area contributed by atoms with E-state index in [1.807, 2.05) is 0 Å². The van der Waals surface area contributed by atoms with Gasteiger partial charge in [-0.3, -0.25) is 0 Å². The van der Waals surface area contributed by atoms with E-state index in [4.69, 9.17) is 4.74 Å². The van der Waals surface area contributed by atoms with E-state index in [0.29, 0.717) is 18.2 Å². The zero-order valence-corrected chi connectivity index (χ0v) is 11.4. The van der Waals surface area contributed by atoms with E-state index in [2.05, 4.69) is 35.6 Å². The summed E-state index contributed by atoms with van der Waals surface area (Å²) in [5.41, 5.74) is 1.46. The first-order valence-electron chi connectivity index (χ1n) is 7.84. The maximum absolute atomic E-state index is 5.96. The largest absolute Gasteiger partial charge is 0.376 e. The lowest BCUT2D eigenvalue weighted by atomic mass is 9.98. The first kappa shape index (κ1) is 11.9. The quantitative estimate of drug-likeness (QED) is 0.874. The maximum atomic E-state index is 5.96. The second-order valence-electron chi connectivity index (χ2n) is 6.46. The minimum absolute atomic E-state index is 0.491. The summed E-state index contributed by atoms with van der Waals surface area (Å²) in [6.45, 7) is 0.949. The van der Waals surface area contributed by atoms with Gasteiger partial charge in [0.25, 0.3) is 0 Å². The van der Waals surface area contributed by atoms with Gasteiger partial charge >= 0.3 is 0 Å². The summed E-state index contributed by atoms with van der Waals surface area (Å²) in [4.78, 5) is 0. The van der Waals surface area contributed by atoms with Gasteiger partial charge in [0.2, 0.25) is 0 Å². The van der Waals surface area contributed by atoms with Crippen LogP contribution in [-0.4, -0.2) is 18.8 Å². The smallest absolute Gasteiger partial charge is 0.0757 e. The average Bonchev–Trinajstić information content (AvgIpc) is 3.37. The van der Waals surface area contributed by atoms with Crippen molar-refractivity contribution in [1.29, 1.82) is 0 Å². The summed E-state index contributed by atoms with van der Waals surface area (Å²) in [6.07, 6.45) is 7.20. The van der Waals surface area contributed by atoms with Crippen LogP contribution in [0.5, 0.6) is 0 Å². The van der Waals surface area contributed by atoms with Crippen LogP contribution in [0.1, 0.15) is 43.7 Å². The number of rotatable bonds is 5. The normalized spacial score (nSPS) is 32.4. The Kier molecular flexibility index (Phi) is 3.08. The van der Waals surface area contributed by atoms with Crippen molar-refractivity contribution in [3.8, 4) is 0 Å². The van der Waals surface area contributed by atoms with Gasteiger partial charge in [-0.15, -0.1) is 0 Å². The molecule has 1 saturated heterocycles. The van der Waals surface area contributed by atoms with E-state index in [1.165, 1.54) is 37.7 Å². The Morgan fingerprint density at radius 3 is 2.47 bits per heavy atom. The molecule has 0 aromatic heterocycles. The lowest BCUT2D eigenvalue weighted by Crippen LogP contribution is -2.40. The maximum Gasteiger partial charge on any atom is 0.0757 e. The van der Waals surface area contributed by atoms with Gasteiger partial charge in [-0.1, -0.05) is 30.3 Å². The molecule has 1 heterocycles. The van der Waals surface area contributed by atoms with E-state index in [-0.39, 0.29) is 0 Å². The van der Waals surface area contributed by atoms with Gasteiger partial charge in [-0.05, 0) is 49.5 Å². The third kappa shape index (κ3) is 2.56. The summed E-state index contributed by atoms with van der Waals surface area (Å²) in [5, 5.41) is 3.94. The lowest BCUT2D eigenvalue weighted by molar-refractivity contribution is 0.0782. The van der Waals surface area contributed by atoms with Crippen molar-refractivity contribution in [1.82, 2.24) is 5.32 Å². The van der Waals surface area contributed by atoms with E-state index >= 15 is 0 Å². The van der Waals surface area contributed by atoms with Crippen LogP contribution < -0.4 is 5.32 Å². The molecule has 2 heteroatoms. The zero-order chi connectivity index (χ0) is 12.7. The van der Waals surface area contributed by atoms with E-state index in [9.17, 15) is 0 Å². The Morgan fingerprint density at radius 1 is 1.00 bits per heavy atom. The number of benzene rings is 1. The zero-order valence-electron chi connectivity index (χ0n) is 11.4. The average molecular weight is 257 g/mol. The van der Waals surface area contributed by atoms with Crippen LogP contribution in [0.15, 0.2) is 30.3 Å². The monoisotopic (exact) mass is 257 g/mol. The van der Waals surface area contributed by atoms with Crippen molar-refractivity contribution in [2.45, 2.75) is 50.3 Å². The Morgan fingerprint density at radius 2 is 1.79 bits per heavy atom. The molecule has 1 aliphatic heterocycles. The highest BCUT2D eigenvalue weighted by Gasteiger charge is 2.43. The minimum Gasteiger partial charge on any atom is -0.376 e. The van der Waals surface area contributed by atoms with Crippen LogP contribution in [0.25, 0.3) is 0 Å². The summed E-state index contributed by atoms with van der Waals surface area (Å²) in [5.74, 6) is 1.69. The minimum atomic E-state index is 0.491. The van der Waals surface area contributed by atoms with Gasteiger partial charge in [-0.25, -0.2) is 0 Å². The molecule has 2 aliphatic carbocycles. The van der Waals surface area contributed by atoms with E-state index in [0.717, 1.165) is 18.4 Å². The van der Waals surface area contributed by atoms with E-state index in [1.54, 1.807) is 0 Å². The molecule has 2 saturated carbocycles. The Bertz CT molecular complexity index is 424. The fourth-order valence-corrected chi connectivity index (χ4v) is 3.50. The number of hydrogen-bond acceptors (Lipinski definition) is 2. The Hall–Kier alpha value is -0.860. The second-order valence-corrected chi connectivity index (χ2v) is 6.46. The standard InChI is InChI=1S/C17H23NO/c1-2-4-12(5-3-1)16(13-6-7-13)18-15-10-11-19-17(15)14-8-9-14/h1-5,13-18H,6-11H2. The Labute approximate surface area is 115 Å². The molecule has 0 amide bonds. The van der Waals surface area contributed by atoms with Crippen LogP contribution in [0.2, 0.25) is 0 Å². The lowest BCUT2D eigenvalue weighted by Gasteiger charge is -2.26. The summed E-state index contributed by atoms with van der Waals surface area (Å²) >= 11 is 0. The molecule has 1 aromatic rings. The summed E-state index contributed by atoms with van der Waals surface area (Å²) < 4.78 is 5.96. The molecule has 1 aromatic carbocycles. The highest BCUT2D eigenvalue weighted by Crippen LogP contribution is 2.44. The number of nitrogens with one attached hydrogen (secondary N) is 1. The second kappa shape index (κ2) is 4.92. The third-order valence-electron chi connectivity index (χ3n) is 4.87. The van der Waals surface area contributed by atoms with Gasteiger partial charge in [0.05, 0.1) is 6.10 Å². The van der Waals surface area contributed by atoms with Crippen LogP contribution >= 0.6 is 0 Å². The van der Waals surface area contributed by atoms with Crippen LogP contribution in [0, 0.1) is 11.8 Å². The van der Waals surface area contributed by atoms with Crippen LogP contribution in [0.3, 0.4) is 0 Å². The first-order chi connectivity index (χ1) is 9.42. The van der Waals surface area contributed by atoms with Crippen LogP contribution in [-0.2, 0) is 4.74 Å². The number of hydrogen-bond donors (Lipinski definition) is 1. The predicted molar refractivity (Wildman–Crippen MR) is 75.9 cm³/mol. The fraction of sp³-hybridized carbons (Fsp3) is 0.647. The molecular formula is C17H23NO. The van der Waals surface area contributed by atoms with Crippen LogP contribution in [0.4, 0.5) is 0 Å². The molecule has 3 fully saturated rings. The van der Waals surface area contributed by atoms with Crippen molar-refractivity contribution in [2.24, 2.45) is 11.8 Å². The first-order valence-corrected chi connectivity index (χ1v) is 7.84. The third-order valence-corrected chi connectivity index (χ3v) is 4.87. The molecule has 102 valence electrons. The van der Waals surface area contributed by atoms with Gasteiger partial charge in [-0.2, -0.15) is 0 Å². The molecule has 3 atom stereocenters. The molecule has 0 bridgehead atoms. The van der Waals surface area contributed by atoms with Crippen molar-refractivity contribution in [2.75, 3.05) is 6.61 Å². The topological polar surface area (TPSA) is 21.3 Å². The van der Waals surface area contributed by atoms with Gasteiger partial charge in [0.15, 0.2) is 0 Å². The molecule has 0 spiro atoms. The fourth-order valence-electron chi connectivity index (χ4n) is 3.50. The van der Waals surface area contributed by atoms with Crippen molar-refractivity contribution < 1.29 is 4.74 Å². The Balaban J connectivity index is 1.49. The van der Waals surface area contributed by atoms with Gasteiger partial charge < -0.3 is 10.1 Å². The highest BCUT2D eigenvalue weighted by molar-refractivity contribution is 5.21. The van der Waals surface area contributed by atoms with Gasteiger partial charge in [0, 0.05) is 18.7 Å². The highest BCUT2D eigenvalue weighted by atomic mass is 16.5. The summed E-state index contributed by atoms with van der Waals surface area (Å²) in [7, 11) is 0. The van der Waals surface area contributed by atoms with Crippen molar-refractivity contribution >= 4 is 0 Å². The number of ether oxygens (including phenoxy) is 1. The molecule has 0 radical (unpaired) electrons. The van der Waals surface area contributed by atoms with E-state index < -0.39 is 0 Å². The molecule has 1 N–H and O–H groups in total. The molecule has 3 unspecified atom stereocenters. The molecule has 19 heavy (non-hydrogen) atoms. The molecule has 4 rings (SSSR count). The SMILES string of the molecule is c1ccc(C(NC2CCOC2C2CC2)C2CC2)cc1. The molecule has 2 nitrogen and oxygen atoms in total. The van der Waals surface area contributed by atoms with Gasteiger partial charge in [0.1, 0.15) is 0 Å². The summed E-state index contributed by atoms with van der Waals surface area (Å²) in [6, 6.07) is 12.1.